The highest BCUT2D eigenvalue weighted by Crippen LogP contribution is 2.06. The van der Waals surface area contributed by atoms with Crippen LogP contribution in [0.2, 0.25) is 0 Å². The highest BCUT2D eigenvalue weighted by molar-refractivity contribution is 5.83. The van der Waals surface area contributed by atoms with Crippen molar-refractivity contribution in [1.82, 2.24) is 10.9 Å². The Hall–Kier alpha value is -2.76. The second kappa shape index (κ2) is 8.03. The molecule has 2 aromatic carbocycles. The largest absolute Gasteiger partial charge is 0.273 e. The molecule has 0 heterocycles. The Morgan fingerprint density at radius 2 is 1.52 bits per heavy atom. The van der Waals surface area contributed by atoms with Crippen LogP contribution in [0.3, 0.4) is 0 Å². The minimum Gasteiger partial charge on any atom is -0.273 e. The van der Waals surface area contributed by atoms with E-state index in [9.17, 15) is 18.4 Å². The minimum absolute atomic E-state index is 0.0322. The molecule has 2 N–H and O–H groups in total. The van der Waals surface area contributed by atoms with E-state index >= 15 is 0 Å². The molecule has 0 aliphatic rings. The minimum atomic E-state index is -0.407. The molecule has 0 unspecified atom stereocenters. The van der Waals surface area contributed by atoms with E-state index in [1.807, 2.05) is 0 Å². The Labute approximate surface area is 132 Å². The van der Waals surface area contributed by atoms with Crippen LogP contribution in [-0.2, 0) is 22.4 Å². The SMILES string of the molecule is O=C(CCc1cccc(F)c1)NNC(=O)Cc1ccc(F)cc1. The van der Waals surface area contributed by atoms with Gasteiger partial charge in [-0.1, -0.05) is 24.3 Å². The number of amides is 2. The molecule has 2 amide bonds. The molecule has 0 saturated carbocycles. The standard InChI is InChI=1S/C17H16F2N2O2/c18-14-7-4-13(5-8-14)11-17(23)21-20-16(22)9-6-12-2-1-3-15(19)10-12/h1-5,7-8,10H,6,9,11H2,(H,20,22)(H,21,23). The van der Waals surface area contributed by atoms with Gasteiger partial charge in [0.2, 0.25) is 11.8 Å². The van der Waals surface area contributed by atoms with E-state index in [0.717, 1.165) is 0 Å². The summed E-state index contributed by atoms with van der Waals surface area (Å²) < 4.78 is 25.7. The van der Waals surface area contributed by atoms with Gasteiger partial charge in [0, 0.05) is 6.42 Å². The van der Waals surface area contributed by atoms with Gasteiger partial charge in [0.15, 0.2) is 0 Å². The van der Waals surface area contributed by atoms with Crippen molar-refractivity contribution in [3.8, 4) is 0 Å². The summed E-state index contributed by atoms with van der Waals surface area (Å²) in [5.74, 6) is -1.51. The summed E-state index contributed by atoms with van der Waals surface area (Å²) >= 11 is 0. The first kappa shape index (κ1) is 16.6. The Balaban J connectivity index is 1.71. The first-order valence-electron chi connectivity index (χ1n) is 7.09. The average Bonchev–Trinajstić information content (AvgIpc) is 2.53. The summed E-state index contributed by atoms with van der Waals surface area (Å²) in [7, 11) is 0. The van der Waals surface area contributed by atoms with Gasteiger partial charge in [-0.3, -0.25) is 20.4 Å². The summed E-state index contributed by atoms with van der Waals surface area (Å²) in [6.45, 7) is 0. The summed E-state index contributed by atoms with van der Waals surface area (Å²) in [4.78, 5) is 23.3. The van der Waals surface area contributed by atoms with Crippen molar-refractivity contribution in [2.75, 3.05) is 0 Å². The van der Waals surface area contributed by atoms with E-state index in [2.05, 4.69) is 10.9 Å². The number of hydrazine groups is 1. The van der Waals surface area contributed by atoms with Gasteiger partial charge in [-0.05, 0) is 41.8 Å². The van der Waals surface area contributed by atoms with Gasteiger partial charge in [0.05, 0.1) is 6.42 Å². The van der Waals surface area contributed by atoms with Crippen LogP contribution in [-0.4, -0.2) is 11.8 Å². The molecule has 23 heavy (non-hydrogen) atoms. The van der Waals surface area contributed by atoms with Crippen molar-refractivity contribution in [2.45, 2.75) is 19.3 Å². The molecule has 0 atom stereocenters. The Morgan fingerprint density at radius 1 is 0.826 bits per heavy atom. The Bertz CT molecular complexity index is 687. The van der Waals surface area contributed by atoms with Gasteiger partial charge in [0.1, 0.15) is 11.6 Å². The first-order chi connectivity index (χ1) is 11.0. The lowest BCUT2D eigenvalue weighted by molar-refractivity contribution is -0.128. The Morgan fingerprint density at radius 3 is 2.22 bits per heavy atom. The molecule has 0 aliphatic heterocycles. The van der Waals surface area contributed by atoms with Crippen molar-refractivity contribution in [1.29, 1.82) is 0 Å². The quantitative estimate of drug-likeness (QED) is 0.831. The zero-order valence-electron chi connectivity index (χ0n) is 12.3. The maximum absolute atomic E-state index is 13.0. The molecule has 2 rings (SSSR count). The number of carbonyl (C=O) groups excluding carboxylic acids is 2. The van der Waals surface area contributed by atoms with E-state index in [4.69, 9.17) is 0 Å². The molecular weight excluding hydrogens is 302 g/mol. The van der Waals surface area contributed by atoms with Crippen LogP contribution in [0, 0.1) is 11.6 Å². The molecule has 0 aromatic heterocycles. The maximum Gasteiger partial charge on any atom is 0.242 e. The summed E-state index contributed by atoms with van der Waals surface area (Å²) in [5, 5.41) is 0. The smallest absolute Gasteiger partial charge is 0.242 e. The van der Waals surface area contributed by atoms with Crippen molar-refractivity contribution >= 4 is 11.8 Å². The van der Waals surface area contributed by atoms with E-state index in [0.29, 0.717) is 17.5 Å². The highest BCUT2D eigenvalue weighted by atomic mass is 19.1. The zero-order chi connectivity index (χ0) is 16.7. The van der Waals surface area contributed by atoms with Crippen LogP contribution < -0.4 is 10.9 Å². The number of aryl methyl sites for hydroxylation is 1. The summed E-state index contributed by atoms with van der Waals surface area (Å²) in [5.41, 5.74) is 5.92. The van der Waals surface area contributed by atoms with E-state index in [1.165, 1.54) is 36.4 Å². The number of hydrogen-bond donors (Lipinski definition) is 2. The van der Waals surface area contributed by atoms with Crippen molar-refractivity contribution in [3.05, 3.63) is 71.3 Å². The average molecular weight is 318 g/mol. The molecule has 0 radical (unpaired) electrons. The normalized spacial score (nSPS) is 10.2. The fourth-order valence-corrected chi connectivity index (χ4v) is 1.98. The molecule has 2 aromatic rings. The van der Waals surface area contributed by atoms with Crippen LogP contribution in [0.4, 0.5) is 8.78 Å². The number of halogens is 2. The van der Waals surface area contributed by atoms with Crippen LogP contribution in [0.25, 0.3) is 0 Å². The second-order valence-corrected chi connectivity index (χ2v) is 5.03. The van der Waals surface area contributed by atoms with E-state index in [-0.39, 0.29) is 30.4 Å². The number of nitrogens with one attached hydrogen (secondary N) is 2. The van der Waals surface area contributed by atoms with Crippen molar-refractivity contribution in [2.24, 2.45) is 0 Å². The van der Waals surface area contributed by atoms with E-state index < -0.39 is 5.91 Å². The highest BCUT2D eigenvalue weighted by Gasteiger charge is 2.07. The molecule has 0 aliphatic carbocycles. The van der Waals surface area contributed by atoms with Crippen LogP contribution >= 0.6 is 0 Å². The number of carbonyl (C=O) groups is 2. The lowest BCUT2D eigenvalue weighted by atomic mass is 10.1. The molecular formula is C17H16F2N2O2. The predicted octanol–water partition coefficient (Wildman–Crippen LogP) is 2.29. The monoisotopic (exact) mass is 318 g/mol. The summed E-state index contributed by atoms with van der Waals surface area (Å²) in [6, 6.07) is 11.5. The predicted molar refractivity (Wildman–Crippen MR) is 81.1 cm³/mol. The molecule has 0 saturated heterocycles. The van der Waals surface area contributed by atoms with Crippen LogP contribution in [0.1, 0.15) is 17.5 Å². The van der Waals surface area contributed by atoms with Gasteiger partial charge in [0.25, 0.3) is 0 Å². The first-order valence-corrected chi connectivity index (χ1v) is 7.09. The number of benzene rings is 2. The van der Waals surface area contributed by atoms with Crippen molar-refractivity contribution < 1.29 is 18.4 Å². The molecule has 6 heteroatoms. The maximum atomic E-state index is 13.0. The molecule has 0 fully saturated rings. The zero-order valence-corrected chi connectivity index (χ0v) is 12.3. The molecule has 0 spiro atoms. The van der Waals surface area contributed by atoms with Gasteiger partial charge in [-0.2, -0.15) is 0 Å². The van der Waals surface area contributed by atoms with Crippen LogP contribution in [0.5, 0.6) is 0 Å². The van der Waals surface area contributed by atoms with Gasteiger partial charge < -0.3 is 0 Å². The van der Waals surface area contributed by atoms with Crippen molar-refractivity contribution in [3.63, 3.8) is 0 Å². The second-order valence-electron chi connectivity index (χ2n) is 5.03. The van der Waals surface area contributed by atoms with Gasteiger partial charge in [-0.15, -0.1) is 0 Å². The number of rotatable bonds is 5. The third-order valence-corrected chi connectivity index (χ3v) is 3.15. The Kier molecular flexibility index (Phi) is 5.80. The van der Waals surface area contributed by atoms with Gasteiger partial charge in [-0.25, -0.2) is 8.78 Å². The fourth-order valence-electron chi connectivity index (χ4n) is 1.98. The lowest BCUT2D eigenvalue weighted by Crippen LogP contribution is -2.42. The molecule has 120 valence electrons. The lowest BCUT2D eigenvalue weighted by Gasteiger charge is -2.07. The van der Waals surface area contributed by atoms with E-state index in [1.54, 1.807) is 12.1 Å². The fraction of sp³-hybridized carbons (Fsp3) is 0.176. The summed E-state index contributed by atoms with van der Waals surface area (Å²) in [6.07, 6.45) is 0.530. The molecule has 0 bridgehead atoms. The third-order valence-electron chi connectivity index (χ3n) is 3.15. The third kappa shape index (κ3) is 5.86. The van der Waals surface area contributed by atoms with Gasteiger partial charge >= 0.3 is 0 Å². The topological polar surface area (TPSA) is 58.2 Å². The number of hydrogen-bond acceptors (Lipinski definition) is 2. The molecule has 4 nitrogen and oxygen atoms in total. The van der Waals surface area contributed by atoms with Crippen LogP contribution in [0.15, 0.2) is 48.5 Å².